The summed E-state index contributed by atoms with van der Waals surface area (Å²) in [6, 6.07) is 6.93. The number of imidazole rings is 1. The molecule has 43 heavy (non-hydrogen) atoms. The number of benzene rings is 1. The zero-order valence-electron chi connectivity index (χ0n) is 25.3. The van der Waals surface area contributed by atoms with E-state index in [1.165, 1.54) is 30.7 Å². The van der Waals surface area contributed by atoms with Gasteiger partial charge >= 0.3 is 8.53 Å². The number of ether oxygens (including phenoxy) is 2. The van der Waals surface area contributed by atoms with Crippen molar-refractivity contribution in [2.45, 2.75) is 76.9 Å². The van der Waals surface area contributed by atoms with Crippen LogP contribution < -0.4 is 26.2 Å². The Hall–Kier alpha value is -2.64. The summed E-state index contributed by atoms with van der Waals surface area (Å²) in [4.78, 5) is 24.5. The molecule has 0 radical (unpaired) electrons. The van der Waals surface area contributed by atoms with Crippen LogP contribution in [0.5, 0.6) is 5.75 Å². The monoisotopic (exact) mass is 636 g/mol. The number of carbonyl (C=O) groups is 1. The molecule has 1 saturated heterocycles. The summed E-state index contributed by atoms with van der Waals surface area (Å²) in [5, 5.41) is 5.07. The molecule has 4 unspecified atom stereocenters. The van der Waals surface area contributed by atoms with Gasteiger partial charge in [-0.3, -0.25) is 9.58 Å². The average molecular weight is 637 g/mol. The first-order valence-electron chi connectivity index (χ1n) is 14.3. The molecule has 1 aliphatic heterocycles. The van der Waals surface area contributed by atoms with Crippen molar-refractivity contribution in [2.75, 3.05) is 31.5 Å². The molecule has 2 fully saturated rings. The van der Waals surface area contributed by atoms with Gasteiger partial charge in [-0.1, -0.05) is 31.4 Å². The molecule has 5 N–H and O–H groups in total. The van der Waals surface area contributed by atoms with E-state index in [4.69, 9.17) is 41.7 Å². The van der Waals surface area contributed by atoms with Crippen LogP contribution in [0.2, 0.25) is 5.02 Å². The number of halogens is 1. The van der Waals surface area contributed by atoms with E-state index >= 15 is 0 Å². The van der Waals surface area contributed by atoms with Gasteiger partial charge in [0.25, 0.3) is 0 Å². The molecule has 236 valence electrons. The predicted octanol–water partition coefficient (Wildman–Crippen LogP) is 4.76. The minimum Gasteiger partial charge on any atom is -0.436 e. The topological polar surface area (TPSA) is 165 Å². The molecule has 3 heterocycles. The normalized spacial score (nSPS) is 21.4. The maximum absolute atomic E-state index is 11.5. The van der Waals surface area contributed by atoms with E-state index in [0.717, 1.165) is 12.7 Å². The minimum absolute atomic E-state index is 0.0935. The molecule has 0 spiro atoms. The highest BCUT2D eigenvalue weighted by Gasteiger charge is 2.36. The van der Waals surface area contributed by atoms with Gasteiger partial charge < -0.3 is 29.0 Å². The molecule has 15 heteroatoms. The second-order valence-corrected chi connectivity index (χ2v) is 13.0. The molecular formula is C28H42ClN8O5P. The molecule has 13 nitrogen and oxygen atoms in total. The summed E-state index contributed by atoms with van der Waals surface area (Å²) in [6.07, 6.45) is 8.56. The lowest BCUT2D eigenvalue weighted by Gasteiger charge is -2.26. The van der Waals surface area contributed by atoms with Crippen LogP contribution in [-0.4, -0.2) is 64.3 Å². The maximum Gasteiger partial charge on any atom is 0.319 e. The van der Waals surface area contributed by atoms with E-state index in [2.05, 4.69) is 27.0 Å². The Bertz CT molecular complexity index is 1340. The van der Waals surface area contributed by atoms with Gasteiger partial charge in [-0.05, 0) is 57.4 Å². The predicted molar refractivity (Wildman–Crippen MR) is 168 cm³/mol. The zero-order chi connectivity index (χ0) is 31.1. The summed E-state index contributed by atoms with van der Waals surface area (Å²) in [5.41, 5.74) is 6.14. The van der Waals surface area contributed by atoms with Gasteiger partial charge in [0.1, 0.15) is 18.3 Å². The first-order valence-corrected chi connectivity index (χ1v) is 15.8. The standard InChI is InChI=1S/C22H30ClN8O4P.C6H12O/c1-13-9-16(10-33-36(29-22(2,3)11-32)35-15-7-5-14(23)6-8-15)34-20(13)31-12-26-17-18(30(4)25)27-21(24)28-19(17)31;1-7-6-4-2-3-5-6/h5-8,11-13,16,20,29H,9-10,25H2,1-4H3,(H2,24,27,28);6H,2-5H2,1H3. The quantitative estimate of drug-likeness (QED) is 0.114. The van der Waals surface area contributed by atoms with Gasteiger partial charge in [0.15, 0.2) is 17.0 Å². The van der Waals surface area contributed by atoms with Crippen molar-refractivity contribution in [2.24, 2.45) is 11.8 Å². The lowest BCUT2D eigenvalue weighted by molar-refractivity contribution is -0.111. The number of carbonyl (C=O) groups excluding carboxylic acids is 1. The number of aldehydes is 1. The molecule has 4 atom stereocenters. The second kappa shape index (κ2) is 14.9. The Balaban J connectivity index is 0.000000530. The minimum atomic E-state index is -1.65. The van der Waals surface area contributed by atoms with Crippen LogP contribution in [0.3, 0.4) is 0 Å². The number of nitrogens with two attached hydrogens (primary N) is 2. The Morgan fingerprint density at radius 3 is 2.56 bits per heavy atom. The van der Waals surface area contributed by atoms with Gasteiger partial charge in [-0.15, -0.1) is 0 Å². The molecule has 2 aromatic heterocycles. The number of nitrogen functional groups attached to an aromatic ring is 1. The van der Waals surface area contributed by atoms with E-state index in [0.29, 0.717) is 33.9 Å². The van der Waals surface area contributed by atoms with Crippen LogP contribution in [-0.2, 0) is 18.8 Å². The fourth-order valence-electron chi connectivity index (χ4n) is 4.92. The summed E-state index contributed by atoms with van der Waals surface area (Å²) < 4.78 is 25.4. The van der Waals surface area contributed by atoms with E-state index < -0.39 is 14.1 Å². The first kappa shape index (κ1) is 33.3. The second-order valence-electron chi connectivity index (χ2n) is 11.4. The number of rotatable bonds is 11. The molecule has 2 aliphatic rings. The summed E-state index contributed by atoms with van der Waals surface area (Å²) >= 11 is 5.97. The van der Waals surface area contributed by atoms with Crippen molar-refractivity contribution in [1.29, 1.82) is 0 Å². The van der Waals surface area contributed by atoms with Gasteiger partial charge in [0.2, 0.25) is 5.95 Å². The third-order valence-corrected chi connectivity index (χ3v) is 8.94. The van der Waals surface area contributed by atoms with E-state index in [1.807, 2.05) is 4.57 Å². The highest BCUT2D eigenvalue weighted by atomic mass is 35.5. The number of fused-ring (bicyclic) bond motifs is 1. The summed E-state index contributed by atoms with van der Waals surface area (Å²) in [7, 11) is 1.81. The number of nitrogens with one attached hydrogen (secondary N) is 1. The van der Waals surface area contributed by atoms with Gasteiger partial charge in [0, 0.05) is 25.1 Å². The Morgan fingerprint density at radius 2 is 1.95 bits per heavy atom. The fourth-order valence-corrected chi connectivity index (χ4v) is 6.35. The van der Waals surface area contributed by atoms with Gasteiger partial charge in [-0.2, -0.15) is 9.97 Å². The Morgan fingerprint density at radius 1 is 1.26 bits per heavy atom. The lowest BCUT2D eigenvalue weighted by Crippen LogP contribution is -2.38. The first-order chi connectivity index (χ1) is 20.5. The van der Waals surface area contributed by atoms with Crippen LogP contribution >= 0.6 is 20.1 Å². The van der Waals surface area contributed by atoms with E-state index in [9.17, 15) is 4.79 Å². The van der Waals surface area contributed by atoms with Crippen LogP contribution in [0.25, 0.3) is 11.2 Å². The highest BCUT2D eigenvalue weighted by Crippen LogP contribution is 2.41. The number of hydrogen-bond acceptors (Lipinski definition) is 12. The molecule has 1 aromatic carbocycles. The van der Waals surface area contributed by atoms with Crippen molar-refractivity contribution in [1.82, 2.24) is 24.6 Å². The third kappa shape index (κ3) is 8.95. The van der Waals surface area contributed by atoms with E-state index in [-0.39, 0.29) is 30.8 Å². The molecule has 1 saturated carbocycles. The third-order valence-electron chi connectivity index (χ3n) is 7.17. The molecule has 3 aromatic rings. The van der Waals surface area contributed by atoms with Gasteiger partial charge in [0.05, 0.1) is 30.7 Å². The Kier molecular flexibility index (Phi) is 11.5. The summed E-state index contributed by atoms with van der Waals surface area (Å²) in [5.74, 6) is 7.11. The van der Waals surface area contributed by atoms with Gasteiger partial charge in [-0.25, -0.2) is 15.9 Å². The largest absolute Gasteiger partial charge is 0.436 e. The van der Waals surface area contributed by atoms with Crippen molar-refractivity contribution in [3.8, 4) is 5.75 Å². The van der Waals surface area contributed by atoms with Crippen molar-refractivity contribution < 1.29 is 23.3 Å². The van der Waals surface area contributed by atoms with E-state index in [1.54, 1.807) is 58.6 Å². The molecule has 0 bridgehead atoms. The number of methoxy groups -OCH3 is 1. The number of hydrogen-bond donors (Lipinski definition) is 3. The van der Waals surface area contributed by atoms with Crippen LogP contribution in [0.15, 0.2) is 30.6 Å². The number of nitrogens with zero attached hydrogens (tertiary/aromatic N) is 5. The summed E-state index contributed by atoms with van der Waals surface area (Å²) in [6.45, 7) is 5.83. The maximum atomic E-state index is 11.5. The van der Waals surface area contributed by atoms with Crippen LogP contribution in [0.1, 0.15) is 59.1 Å². The highest BCUT2D eigenvalue weighted by molar-refractivity contribution is 7.45. The number of aromatic nitrogens is 4. The molecule has 0 amide bonds. The van der Waals surface area contributed by atoms with Crippen molar-refractivity contribution in [3.05, 3.63) is 35.6 Å². The van der Waals surface area contributed by atoms with Crippen LogP contribution in [0, 0.1) is 5.92 Å². The smallest absolute Gasteiger partial charge is 0.319 e. The Labute approximate surface area is 258 Å². The molecule has 5 rings (SSSR count). The SMILES string of the molecule is CC1CC(COP(NC(C)(C)C=O)Oc2ccc(Cl)cc2)OC1n1cnc2c(N(C)N)nc(N)nc21.COC1CCCC1. The number of hydrazine groups is 1. The van der Waals surface area contributed by atoms with Crippen LogP contribution in [0.4, 0.5) is 11.8 Å². The number of anilines is 2. The zero-order valence-corrected chi connectivity index (χ0v) is 26.9. The fraction of sp³-hybridized carbons (Fsp3) is 0.571. The lowest BCUT2D eigenvalue weighted by atomic mass is 10.1. The van der Waals surface area contributed by atoms with Crippen molar-refractivity contribution >= 4 is 49.3 Å². The average Bonchev–Trinajstić information content (AvgIpc) is 3.73. The molecular weight excluding hydrogens is 595 g/mol. The van der Waals surface area contributed by atoms with Crippen molar-refractivity contribution in [3.63, 3.8) is 0 Å². The molecule has 1 aliphatic carbocycles.